The summed E-state index contributed by atoms with van der Waals surface area (Å²) in [4.78, 5) is 18.8. The van der Waals surface area contributed by atoms with E-state index in [2.05, 4.69) is 4.98 Å². The van der Waals surface area contributed by atoms with Crippen molar-refractivity contribution < 1.29 is 44.0 Å². The number of carbonyl (C=O) groups excluding carboxylic acids is 1. The van der Waals surface area contributed by atoms with Gasteiger partial charge >= 0.3 is 0 Å². The smallest absolute Gasteiger partial charge is 0.272 e. The lowest BCUT2D eigenvalue weighted by molar-refractivity contribution is -0.119. The van der Waals surface area contributed by atoms with E-state index in [0.29, 0.717) is 6.07 Å². The number of carbonyl (C=O) groups is 1. The van der Waals surface area contributed by atoms with E-state index < -0.39 is 41.9 Å². The topological polar surface area (TPSA) is 70.1 Å². The molecule has 0 N–H and O–H groups in total. The maximum Gasteiger partial charge on any atom is 0.272 e. The molecule has 35 heavy (non-hydrogen) atoms. The zero-order valence-corrected chi connectivity index (χ0v) is 18.7. The molecule has 2 saturated heterocycles. The number of hydrogen-bond acceptors (Lipinski definition) is 6. The van der Waals surface area contributed by atoms with Gasteiger partial charge in [0.1, 0.15) is 35.8 Å². The summed E-state index contributed by atoms with van der Waals surface area (Å²) in [5.41, 5.74) is -1.41. The minimum Gasteiger partial charge on any atom is -0.488 e. The average Bonchev–Trinajstić information content (AvgIpc) is 3.10. The maximum atomic E-state index is 14.0. The minimum absolute atomic E-state index is 0.00519. The molecule has 1 aliphatic carbocycles. The first-order valence-electron chi connectivity index (χ1n) is 12.1. The Kier molecular flexibility index (Phi) is 5.46. The van der Waals surface area contributed by atoms with Crippen LogP contribution in [0.4, 0.5) is 17.6 Å². The Balaban J connectivity index is 1.32. The number of benzene rings is 1. The molecule has 7 nitrogen and oxygen atoms in total. The fourth-order valence-electron chi connectivity index (χ4n) is 4.75. The molecule has 2 atom stereocenters. The maximum absolute atomic E-state index is 14.0. The summed E-state index contributed by atoms with van der Waals surface area (Å²) in [7, 11) is 1.33. The van der Waals surface area contributed by atoms with Gasteiger partial charge in [0.2, 0.25) is 5.92 Å². The van der Waals surface area contributed by atoms with E-state index in [-0.39, 0.29) is 67.8 Å². The SMILES string of the molecule is [2H]C1([2H])OC2CN(C(=O)c3ccc(OCC4CC(F)(F)C4)c(OC)n3)CC[C@]2(c2cc(F)cc(F)c2)O1. The number of alkyl halides is 2. The Hall–Kier alpha value is -2.92. The molecule has 3 heterocycles. The predicted molar refractivity (Wildman–Crippen MR) is 113 cm³/mol. The van der Waals surface area contributed by atoms with Gasteiger partial charge in [-0.25, -0.2) is 22.5 Å². The van der Waals surface area contributed by atoms with Crippen LogP contribution in [0.5, 0.6) is 11.6 Å². The van der Waals surface area contributed by atoms with E-state index in [1.165, 1.54) is 24.1 Å². The summed E-state index contributed by atoms with van der Waals surface area (Å²) in [6.45, 7) is -2.53. The molecule has 1 aromatic heterocycles. The number of ether oxygens (including phenoxy) is 4. The van der Waals surface area contributed by atoms with Crippen molar-refractivity contribution in [3.63, 3.8) is 0 Å². The molecule has 1 amide bonds. The first kappa shape index (κ1) is 21.4. The Morgan fingerprint density at radius 2 is 2.00 bits per heavy atom. The highest BCUT2D eigenvalue weighted by atomic mass is 19.3. The number of rotatable bonds is 6. The van der Waals surface area contributed by atoms with E-state index >= 15 is 0 Å². The highest BCUT2D eigenvalue weighted by Crippen LogP contribution is 2.44. The van der Waals surface area contributed by atoms with E-state index in [9.17, 15) is 22.4 Å². The van der Waals surface area contributed by atoms with Crippen LogP contribution in [-0.2, 0) is 15.1 Å². The minimum atomic E-state index is -2.66. The van der Waals surface area contributed by atoms with E-state index in [4.69, 9.17) is 21.7 Å². The lowest BCUT2D eigenvalue weighted by Gasteiger charge is -2.41. The van der Waals surface area contributed by atoms with Crippen LogP contribution in [0.1, 0.15) is 38.1 Å². The summed E-state index contributed by atoms with van der Waals surface area (Å²) in [5.74, 6) is -4.93. The summed E-state index contributed by atoms with van der Waals surface area (Å²) < 4.78 is 91.6. The number of amides is 1. The molecule has 0 bridgehead atoms. The molecule has 1 aromatic carbocycles. The molecule has 5 rings (SSSR count). The molecule has 3 fully saturated rings. The van der Waals surface area contributed by atoms with Crippen molar-refractivity contribution in [3.8, 4) is 11.6 Å². The zero-order chi connectivity index (χ0) is 26.6. The number of piperidine rings is 1. The van der Waals surface area contributed by atoms with Crippen LogP contribution >= 0.6 is 0 Å². The number of pyridine rings is 1. The van der Waals surface area contributed by atoms with Gasteiger partial charge in [0.15, 0.2) is 5.75 Å². The van der Waals surface area contributed by atoms with Gasteiger partial charge < -0.3 is 23.8 Å². The summed E-state index contributed by atoms with van der Waals surface area (Å²) in [5, 5.41) is 0. The van der Waals surface area contributed by atoms with Crippen molar-refractivity contribution in [2.75, 3.05) is 33.6 Å². The van der Waals surface area contributed by atoms with Gasteiger partial charge in [-0.1, -0.05) is 0 Å². The number of fused-ring (bicyclic) bond motifs is 1. The van der Waals surface area contributed by atoms with Crippen LogP contribution in [0.3, 0.4) is 0 Å². The lowest BCUT2D eigenvalue weighted by Crippen LogP contribution is -2.53. The van der Waals surface area contributed by atoms with Crippen molar-refractivity contribution >= 4 is 5.91 Å². The van der Waals surface area contributed by atoms with Crippen LogP contribution < -0.4 is 9.47 Å². The summed E-state index contributed by atoms with van der Waals surface area (Å²) in [6, 6.07) is 5.70. The first-order valence-corrected chi connectivity index (χ1v) is 11.1. The molecule has 0 spiro atoms. The molecule has 2 aromatic rings. The van der Waals surface area contributed by atoms with Gasteiger partial charge in [-0.2, -0.15) is 0 Å². The molecule has 3 aliphatic rings. The number of methoxy groups -OCH3 is 1. The van der Waals surface area contributed by atoms with Crippen LogP contribution in [0, 0.1) is 17.6 Å². The third-order valence-corrected chi connectivity index (χ3v) is 6.60. The Morgan fingerprint density at radius 1 is 1.26 bits per heavy atom. The molecule has 188 valence electrons. The van der Waals surface area contributed by atoms with Crippen molar-refractivity contribution in [1.29, 1.82) is 0 Å². The molecule has 11 heteroatoms. The fraction of sp³-hybridized carbons (Fsp3) is 0.500. The monoisotopic (exact) mass is 498 g/mol. The highest BCUT2D eigenvalue weighted by molar-refractivity contribution is 5.92. The van der Waals surface area contributed by atoms with E-state index in [0.717, 1.165) is 12.1 Å². The summed E-state index contributed by atoms with van der Waals surface area (Å²) >= 11 is 0. The van der Waals surface area contributed by atoms with Crippen LogP contribution in [-0.4, -0.2) is 61.4 Å². The third-order valence-electron chi connectivity index (χ3n) is 6.60. The van der Waals surface area contributed by atoms with Gasteiger partial charge in [0.25, 0.3) is 11.8 Å². The van der Waals surface area contributed by atoms with Crippen molar-refractivity contribution in [1.82, 2.24) is 9.88 Å². The molecule has 2 aliphatic heterocycles. The molecule has 1 unspecified atom stereocenters. The standard InChI is InChI=1S/C24H24F4N2O5/c1-32-21-19(33-12-14-9-23(27,28)10-14)3-2-18(29-21)22(31)30-5-4-24(20(11-30)34-13-35-24)15-6-16(25)8-17(26)7-15/h2-3,6-8,14,20H,4-5,9-13H2,1H3/t20?,24-/m1/s1/i13D2. The van der Waals surface area contributed by atoms with E-state index in [1.54, 1.807) is 0 Å². The van der Waals surface area contributed by atoms with Crippen molar-refractivity contribution in [2.45, 2.75) is 36.9 Å². The normalized spacial score (nSPS) is 27.9. The van der Waals surface area contributed by atoms with Gasteiger partial charge in [-0.05, 0) is 29.8 Å². The van der Waals surface area contributed by atoms with E-state index in [1.807, 2.05) is 0 Å². The third kappa shape index (κ3) is 4.54. The number of halogens is 4. The number of likely N-dealkylation sites (tertiary alicyclic amines) is 1. The second-order valence-electron chi connectivity index (χ2n) is 8.99. The highest BCUT2D eigenvalue weighted by Gasteiger charge is 2.51. The molecule has 1 saturated carbocycles. The van der Waals surface area contributed by atoms with Crippen molar-refractivity contribution in [3.05, 3.63) is 53.2 Å². The first-order chi connectivity index (χ1) is 17.4. The fourth-order valence-corrected chi connectivity index (χ4v) is 4.75. The van der Waals surface area contributed by atoms with Gasteiger partial charge in [-0.15, -0.1) is 0 Å². The van der Waals surface area contributed by atoms with Crippen LogP contribution in [0.2, 0.25) is 0 Å². The number of aromatic nitrogens is 1. The summed E-state index contributed by atoms with van der Waals surface area (Å²) in [6.07, 6.45) is -1.53. The van der Waals surface area contributed by atoms with Gasteiger partial charge in [-0.3, -0.25) is 4.79 Å². The predicted octanol–water partition coefficient (Wildman–Crippen LogP) is 3.91. The second-order valence-corrected chi connectivity index (χ2v) is 8.99. The lowest BCUT2D eigenvalue weighted by atomic mass is 9.82. The number of nitrogens with zero attached hydrogens (tertiary/aromatic N) is 2. The molecular formula is C24H24F4N2O5. The largest absolute Gasteiger partial charge is 0.488 e. The Bertz CT molecular complexity index is 1190. The number of hydrogen-bond donors (Lipinski definition) is 0. The van der Waals surface area contributed by atoms with Gasteiger partial charge in [0, 0.05) is 37.8 Å². The van der Waals surface area contributed by atoms with Crippen LogP contribution in [0.25, 0.3) is 0 Å². The second kappa shape index (κ2) is 8.94. The van der Waals surface area contributed by atoms with Crippen LogP contribution in [0.15, 0.2) is 30.3 Å². The molecule has 0 radical (unpaired) electrons. The quantitative estimate of drug-likeness (QED) is 0.563. The Morgan fingerprint density at radius 3 is 2.69 bits per heavy atom. The van der Waals surface area contributed by atoms with Crippen molar-refractivity contribution in [2.24, 2.45) is 5.92 Å². The zero-order valence-electron chi connectivity index (χ0n) is 20.7. The molecular weight excluding hydrogens is 472 g/mol. The Labute approximate surface area is 201 Å². The average molecular weight is 498 g/mol. The van der Waals surface area contributed by atoms with Gasteiger partial charge in [0.05, 0.1) is 23.0 Å².